The lowest BCUT2D eigenvalue weighted by Gasteiger charge is -2.25. The smallest absolute Gasteiger partial charge is 0.411 e. The first-order chi connectivity index (χ1) is 12.5. The number of para-hydroxylation sites is 1. The summed E-state index contributed by atoms with van der Waals surface area (Å²) in [5.41, 5.74) is 4.56. The van der Waals surface area contributed by atoms with Crippen LogP contribution in [0.1, 0.15) is 11.1 Å². The maximum atomic E-state index is 13.1. The normalized spacial score (nSPS) is 12.8. The van der Waals surface area contributed by atoms with E-state index in [-0.39, 0.29) is 5.91 Å². The van der Waals surface area contributed by atoms with Crippen LogP contribution >= 0.6 is 0 Å². The van der Waals surface area contributed by atoms with Gasteiger partial charge in [-0.3, -0.25) is 15.0 Å². The van der Waals surface area contributed by atoms with Gasteiger partial charge in [0.05, 0.1) is 32.6 Å². The van der Waals surface area contributed by atoms with Crippen molar-refractivity contribution in [3.63, 3.8) is 0 Å². The molecule has 0 atom stereocenters. The van der Waals surface area contributed by atoms with Gasteiger partial charge in [0.2, 0.25) is 0 Å². The molecule has 0 unspecified atom stereocenters. The minimum Gasteiger partial charge on any atom is -0.453 e. The molecule has 0 aliphatic carbocycles. The van der Waals surface area contributed by atoms with Crippen LogP contribution in [0.15, 0.2) is 42.5 Å². The van der Waals surface area contributed by atoms with Gasteiger partial charge in [-0.1, -0.05) is 24.3 Å². The van der Waals surface area contributed by atoms with Gasteiger partial charge in [-0.25, -0.2) is 4.79 Å². The van der Waals surface area contributed by atoms with E-state index in [0.717, 1.165) is 40.2 Å². The lowest BCUT2D eigenvalue weighted by Crippen LogP contribution is -3.07. The molecule has 0 saturated carbocycles. The monoisotopic (exact) mass is 354 g/mol. The number of benzene rings is 2. The number of carbonyl (C=O) groups excluding carboxylic acids is 2. The number of anilines is 3. The zero-order valence-corrected chi connectivity index (χ0v) is 15.3. The third kappa shape index (κ3) is 3.70. The van der Waals surface area contributed by atoms with Gasteiger partial charge in [-0.05, 0) is 42.2 Å². The molecule has 1 aliphatic heterocycles. The number of likely N-dealkylation sites (N-methyl/N-ethyl adjacent to an activating group) is 1. The summed E-state index contributed by atoms with van der Waals surface area (Å²) in [5.74, 6) is 0.0239. The van der Waals surface area contributed by atoms with Crippen LogP contribution in [0.4, 0.5) is 21.9 Å². The van der Waals surface area contributed by atoms with E-state index in [1.807, 2.05) is 50.5 Å². The number of aryl methyl sites for hydroxylation is 2. The molecule has 0 bridgehead atoms. The number of nitrogens with one attached hydrogen (secondary N) is 2. The Balaban J connectivity index is 2.09. The first-order valence-electron chi connectivity index (χ1n) is 8.67. The molecule has 2 N–H and O–H groups in total. The van der Waals surface area contributed by atoms with Crippen LogP contribution in [0.2, 0.25) is 0 Å². The van der Waals surface area contributed by atoms with Gasteiger partial charge in [0.1, 0.15) is 0 Å². The number of hydrogen-bond acceptors (Lipinski definition) is 3. The molecule has 6 heteroatoms. The van der Waals surface area contributed by atoms with Crippen molar-refractivity contribution in [1.29, 1.82) is 0 Å². The summed E-state index contributed by atoms with van der Waals surface area (Å²) in [6.45, 7) is 0.377. The molecule has 26 heavy (non-hydrogen) atoms. The van der Waals surface area contributed by atoms with Crippen molar-refractivity contribution in [3.05, 3.63) is 53.6 Å². The molecule has 0 radical (unpaired) electrons. The van der Waals surface area contributed by atoms with Gasteiger partial charge < -0.3 is 9.64 Å². The van der Waals surface area contributed by atoms with E-state index in [1.54, 1.807) is 4.90 Å². The van der Waals surface area contributed by atoms with Crippen LogP contribution in [-0.2, 0) is 22.4 Å². The summed E-state index contributed by atoms with van der Waals surface area (Å²) in [5, 5.41) is 2.68. The van der Waals surface area contributed by atoms with Gasteiger partial charge in [0.25, 0.3) is 5.91 Å². The first kappa shape index (κ1) is 17.9. The summed E-state index contributed by atoms with van der Waals surface area (Å²) in [6, 6.07) is 13.6. The number of rotatable bonds is 3. The van der Waals surface area contributed by atoms with E-state index < -0.39 is 6.09 Å². The van der Waals surface area contributed by atoms with Crippen molar-refractivity contribution in [2.75, 3.05) is 38.0 Å². The Morgan fingerprint density at radius 3 is 2.46 bits per heavy atom. The summed E-state index contributed by atoms with van der Waals surface area (Å²) in [7, 11) is 5.24. The number of hydrogen-bond donors (Lipinski definition) is 2. The molecule has 136 valence electrons. The Morgan fingerprint density at radius 2 is 1.77 bits per heavy atom. The van der Waals surface area contributed by atoms with Crippen LogP contribution in [0, 0.1) is 0 Å². The molecule has 0 saturated heterocycles. The highest BCUT2D eigenvalue weighted by molar-refractivity contribution is 6.03. The second-order valence-electron chi connectivity index (χ2n) is 6.70. The van der Waals surface area contributed by atoms with E-state index in [1.165, 1.54) is 7.11 Å². The summed E-state index contributed by atoms with van der Waals surface area (Å²) in [6.07, 6.45) is 1.17. The summed E-state index contributed by atoms with van der Waals surface area (Å²) < 4.78 is 4.67. The molecule has 2 aromatic carbocycles. The number of fused-ring (bicyclic) bond motifs is 2. The fourth-order valence-corrected chi connectivity index (χ4v) is 3.22. The Hall–Kier alpha value is -2.86. The standard InChI is InChI=1S/C20H23N3O3/c1-22(2)13-19(24)23-17-7-5-4-6-14(17)8-9-15-10-11-16(12-18(15)23)21-20(25)26-3/h4-7,10-12H,8-9,13H2,1-3H3,(H,21,25)/p+1. The number of amides is 2. The van der Waals surface area contributed by atoms with Gasteiger partial charge >= 0.3 is 6.09 Å². The Morgan fingerprint density at radius 1 is 1.08 bits per heavy atom. The molecule has 0 spiro atoms. The molecule has 0 fully saturated rings. The molecular formula is C20H24N3O3+. The van der Waals surface area contributed by atoms with Crippen LogP contribution in [0.3, 0.4) is 0 Å². The van der Waals surface area contributed by atoms with Crippen molar-refractivity contribution in [2.24, 2.45) is 0 Å². The average Bonchev–Trinajstić information content (AvgIpc) is 2.77. The van der Waals surface area contributed by atoms with Crippen molar-refractivity contribution < 1.29 is 19.2 Å². The predicted octanol–water partition coefficient (Wildman–Crippen LogP) is 1.77. The SMILES string of the molecule is COC(=O)Nc1ccc2c(c1)N(C(=O)C[NH+](C)C)c1ccccc1CC2. The Kier molecular flexibility index (Phi) is 5.23. The van der Waals surface area contributed by atoms with E-state index in [4.69, 9.17) is 0 Å². The molecule has 1 heterocycles. The van der Waals surface area contributed by atoms with E-state index >= 15 is 0 Å². The highest BCUT2D eigenvalue weighted by atomic mass is 16.5. The fourth-order valence-electron chi connectivity index (χ4n) is 3.22. The van der Waals surface area contributed by atoms with Crippen LogP contribution in [-0.4, -0.2) is 39.8 Å². The molecule has 2 amide bonds. The van der Waals surface area contributed by atoms with Gasteiger partial charge in [-0.2, -0.15) is 0 Å². The van der Waals surface area contributed by atoms with Gasteiger partial charge in [-0.15, -0.1) is 0 Å². The van der Waals surface area contributed by atoms with Gasteiger partial charge in [0.15, 0.2) is 6.54 Å². The lowest BCUT2D eigenvalue weighted by molar-refractivity contribution is -0.849. The number of methoxy groups -OCH3 is 1. The number of nitrogens with zero attached hydrogens (tertiary/aromatic N) is 1. The quantitative estimate of drug-likeness (QED) is 0.883. The fraction of sp³-hybridized carbons (Fsp3) is 0.300. The minimum atomic E-state index is -0.533. The van der Waals surface area contributed by atoms with Gasteiger partial charge in [0, 0.05) is 5.69 Å². The van der Waals surface area contributed by atoms with E-state index in [9.17, 15) is 9.59 Å². The highest BCUT2D eigenvalue weighted by Crippen LogP contribution is 2.37. The maximum absolute atomic E-state index is 13.1. The molecular weight excluding hydrogens is 330 g/mol. The predicted molar refractivity (Wildman–Crippen MR) is 101 cm³/mol. The Bertz CT molecular complexity index is 833. The second-order valence-corrected chi connectivity index (χ2v) is 6.70. The first-order valence-corrected chi connectivity index (χ1v) is 8.67. The summed E-state index contributed by atoms with van der Waals surface area (Å²) in [4.78, 5) is 27.5. The minimum absolute atomic E-state index is 0.0239. The average molecular weight is 354 g/mol. The van der Waals surface area contributed by atoms with Crippen LogP contribution in [0.25, 0.3) is 0 Å². The van der Waals surface area contributed by atoms with E-state index in [2.05, 4.69) is 16.1 Å². The molecule has 0 aromatic heterocycles. The van der Waals surface area contributed by atoms with E-state index in [0.29, 0.717) is 12.2 Å². The molecule has 6 nitrogen and oxygen atoms in total. The molecule has 2 aromatic rings. The zero-order chi connectivity index (χ0) is 18.7. The number of carbonyl (C=O) groups is 2. The molecule has 1 aliphatic rings. The molecule has 3 rings (SSSR count). The van der Waals surface area contributed by atoms with Crippen molar-refractivity contribution in [2.45, 2.75) is 12.8 Å². The number of ether oxygens (including phenoxy) is 1. The zero-order valence-electron chi connectivity index (χ0n) is 15.3. The lowest BCUT2D eigenvalue weighted by atomic mass is 10.0. The van der Waals surface area contributed by atoms with Crippen molar-refractivity contribution in [1.82, 2.24) is 0 Å². The van der Waals surface area contributed by atoms with Crippen molar-refractivity contribution in [3.8, 4) is 0 Å². The largest absolute Gasteiger partial charge is 0.453 e. The van der Waals surface area contributed by atoms with Crippen LogP contribution < -0.4 is 15.1 Å². The third-order valence-electron chi connectivity index (χ3n) is 4.41. The summed E-state index contributed by atoms with van der Waals surface area (Å²) >= 11 is 0. The maximum Gasteiger partial charge on any atom is 0.411 e. The second kappa shape index (κ2) is 7.58. The highest BCUT2D eigenvalue weighted by Gasteiger charge is 2.27. The number of quaternary nitrogens is 1. The third-order valence-corrected chi connectivity index (χ3v) is 4.41. The van der Waals surface area contributed by atoms with Crippen LogP contribution in [0.5, 0.6) is 0 Å². The Labute approximate surface area is 153 Å². The topological polar surface area (TPSA) is 63.1 Å². The van der Waals surface area contributed by atoms with Crippen molar-refractivity contribution >= 4 is 29.1 Å².